The summed E-state index contributed by atoms with van der Waals surface area (Å²) < 4.78 is 5.57. The molecule has 3 rings (SSSR count). The Morgan fingerprint density at radius 2 is 2.10 bits per heavy atom. The second-order valence-electron chi connectivity index (χ2n) is 4.06. The molecular weight excluding hydrogens is 276 g/mol. The predicted octanol–water partition coefficient (Wildman–Crippen LogP) is 2.06. The monoisotopic (exact) mass is 286 g/mol. The second kappa shape index (κ2) is 4.86. The average Bonchev–Trinajstić information content (AvgIpc) is 2.80. The first-order valence-electron chi connectivity index (χ1n) is 5.71. The van der Waals surface area contributed by atoms with E-state index in [-0.39, 0.29) is 0 Å². The number of nitrogens with two attached hydrogens (primary N) is 2. The van der Waals surface area contributed by atoms with Gasteiger partial charge in [-0.15, -0.1) is 0 Å². The molecule has 0 saturated heterocycles. The Bertz CT molecular complexity index is 783. The van der Waals surface area contributed by atoms with Crippen LogP contribution in [-0.2, 0) is 0 Å². The molecule has 0 atom stereocenters. The molecule has 1 amide bonds. The molecule has 4 N–H and O–H groups in total. The zero-order valence-electron chi connectivity index (χ0n) is 10.2. The van der Waals surface area contributed by atoms with Gasteiger partial charge >= 0.3 is 0 Å². The van der Waals surface area contributed by atoms with Crippen LogP contribution in [0.2, 0.25) is 0 Å². The summed E-state index contributed by atoms with van der Waals surface area (Å²) in [4.78, 5) is 19.4. The minimum atomic E-state index is -0.508. The summed E-state index contributed by atoms with van der Waals surface area (Å²) in [5.74, 6) is -0.508. The zero-order chi connectivity index (χ0) is 14.1. The molecule has 0 fully saturated rings. The number of fused-ring (bicyclic) bond motifs is 1. The number of carbonyl (C=O) groups excluding carboxylic acids is 1. The van der Waals surface area contributed by atoms with E-state index in [0.29, 0.717) is 27.1 Å². The summed E-state index contributed by atoms with van der Waals surface area (Å²) in [6.45, 7) is 0. The van der Waals surface area contributed by atoms with Crippen LogP contribution in [0, 0.1) is 0 Å². The lowest BCUT2D eigenvalue weighted by molar-refractivity contribution is 0.1000. The lowest BCUT2D eigenvalue weighted by Gasteiger charge is -1.97. The Morgan fingerprint density at radius 3 is 2.80 bits per heavy atom. The fourth-order valence-electron chi connectivity index (χ4n) is 1.64. The molecule has 0 aliphatic heterocycles. The fourth-order valence-corrected chi connectivity index (χ4v) is 2.34. The van der Waals surface area contributed by atoms with Crippen molar-refractivity contribution in [2.24, 2.45) is 5.73 Å². The summed E-state index contributed by atoms with van der Waals surface area (Å²) in [5.41, 5.74) is 13.2. The van der Waals surface area contributed by atoms with Crippen LogP contribution in [0.1, 0.15) is 10.4 Å². The first-order chi connectivity index (χ1) is 9.61. The normalized spacial score (nSPS) is 10.8. The van der Waals surface area contributed by atoms with E-state index in [1.54, 1.807) is 30.3 Å². The number of primary amides is 1. The van der Waals surface area contributed by atoms with Gasteiger partial charge in [0.05, 0.1) is 5.56 Å². The SMILES string of the molecule is NC(=O)c1ccc(Sc2nc3ccc(N)cc3o2)nc1. The molecule has 3 aromatic rings. The van der Waals surface area contributed by atoms with Crippen molar-refractivity contribution in [3.05, 3.63) is 42.1 Å². The van der Waals surface area contributed by atoms with Gasteiger partial charge in [-0.3, -0.25) is 4.79 Å². The largest absolute Gasteiger partial charge is 0.431 e. The molecule has 1 aromatic carbocycles. The van der Waals surface area contributed by atoms with Gasteiger partial charge in [0.15, 0.2) is 5.58 Å². The number of amides is 1. The van der Waals surface area contributed by atoms with Gasteiger partial charge in [-0.05, 0) is 36.0 Å². The van der Waals surface area contributed by atoms with E-state index >= 15 is 0 Å². The van der Waals surface area contributed by atoms with Crippen LogP contribution in [0.15, 0.2) is 51.2 Å². The van der Waals surface area contributed by atoms with E-state index in [1.165, 1.54) is 18.0 Å². The van der Waals surface area contributed by atoms with Crippen molar-refractivity contribution in [2.75, 3.05) is 5.73 Å². The van der Waals surface area contributed by atoms with Crippen molar-refractivity contribution in [1.29, 1.82) is 0 Å². The molecule has 100 valence electrons. The minimum absolute atomic E-state index is 0.361. The van der Waals surface area contributed by atoms with E-state index in [2.05, 4.69) is 9.97 Å². The standard InChI is InChI=1S/C13H10N4O2S/c14-8-2-3-9-10(5-8)19-13(17-9)20-11-4-1-7(6-16-11)12(15)18/h1-6H,14H2,(H2,15,18). The molecule has 2 heterocycles. The second-order valence-corrected chi connectivity index (χ2v) is 5.03. The topological polar surface area (TPSA) is 108 Å². The maximum atomic E-state index is 11.0. The number of carbonyl (C=O) groups is 1. The van der Waals surface area contributed by atoms with E-state index in [9.17, 15) is 4.79 Å². The number of rotatable bonds is 3. The number of hydrogen-bond donors (Lipinski definition) is 2. The summed E-state index contributed by atoms with van der Waals surface area (Å²) in [6.07, 6.45) is 1.42. The highest BCUT2D eigenvalue weighted by atomic mass is 32.2. The van der Waals surface area contributed by atoms with E-state index < -0.39 is 5.91 Å². The maximum absolute atomic E-state index is 11.0. The van der Waals surface area contributed by atoms with Crippen LogP contribution in [0.25, 0.3) is 11.1 Å². The van der Waals surface area contributed by atoms with E-state index in [4.69, 9.17) is 15.9 Å². The van der Waals surface area contributed by atoms with Gasteiger partial charge in [-0.2, -0.15) is 0 Å². The van der Waals surface area contributed by atoms with E-state index in [1.807, 2.05) is 0 Å². The van der Waals surface area contributed by atoms with Gasteiger partial charge in [0.2, 0.25) is 5.91 Å². The van der Waals surface area contributed by atoms with Gasteiger partial charge < -0.3 is 15.9 Å². The third-order valence-electron chi connectivity index (χ3n) is 2.61. The summed E-state index contributed by atoms with van der Waals surface area (Å²) in [7, 11) is 0. The Labute approximate surface area is 118 Å². The number of benzene rings is 1. The molecule has 0 spiro atoms. The highest BCUT2D eigenvalue weighted by Gasteiger charge is 2.09. The highest BCUT2D eigenvalue weighted by molar-refractivity contribution is 7.99. The molecule has 0 aliphatic rings. The van der Waals surface area contributed by atoms with Crippen LogP contribution >= 0.6 is 11.8 Å². The smallest absolute Gasteiger partial charge is 0.263 e. The summed E-state index contributed by atoms with van der Waals surface area (Å²) in [5, 5.41) is 1.12. The Kier molecular flexibility index (Phi) is 3.03. The zero-order valence-corrected chi connectivity index (χ0v) is 11.1. The molecule has 0 aliphatic carbocycles. The Hall–Kier alpha value is -2.54. The van der Waals surface area contributed by atoms with Crippen LogP contribution < -0.4 is 11.5 Å². The Morgan fingerprint density at radius 1 is 1.25 bits per heavy atom. The van der Waals surface area contributed by atoms with Gasteiger partial charge in [0, 0.05) is 18.0 Å². The maximum Gasteiger partial charge on any atom is 0.263 e. The molecule has 6 nitrogen and oxygen atoms in total. The number of pyridine rings is 1. The van der Waals surface area contributed by atoms with Crippen LogP contribution in [0.5, 0.6) is 0 Å². The number of nitrogen functional groups attached to an aromatic ring is 1. The molecular formula is C13H10N4O2S. The van der Waals surface area contributed by atoms with Gasteiger partial charge in [0.1, 0.15) is 10.5 Å². The quantitative estimate of drug-likeness (QED) is 0.713. The number of nitrogens with zero attached hydrogens (tertiary/aromatic N) is 2. The van der Waals surface area contributed by atoms with E-state index in [0.717, 1.165) is 5.52 Å². The summed E-state index contributed by atoms with van der Waals surface area (Å²) >= 11 is 1.26. The van der Waals surface area contributed by atoms with Crippen molar-refractivity contribution in [1.82, 2.24) is 9.97 Å². The van der Waals surface area contributed by atoms with Gasteiger partial charge in [-0.1, -0.05) is 0 Å². The molecule has 0 bridgehead atoms. The third kappa shape index (κ3) is 2.43. The highest BCUT2D eigenvalue weighted by Crippen LogP contribution is 2.29. The van der Waals surface area contributed by atoms with Gasteiger partial charge in [-0.25, -0.2) is 9.97 Å². The number of oxazole rings is 1. The van der Waals surface area contributed by atoms with Crippen LogP contribution in [-0.4, -0.2) is 15.9 Å². The molecule has 2 aromatic heterocycles. The van der Waals surface area contributed by atoms with Crippen LogP contribution in [0.3, 0.4) is 0 Å². The predicted molar refractivity (Wildman–Crippen MR) is 75.3 cm³/mol. The van der Waals surface area contributed by atoms with Crippen molar-refractivity contribution >= 4 is 34.5 Å². The molecule has 20 heavy (non-hydrogen) atoms. The number of aromatic nitrogens is 2. The van der Waals surface area contributed by atoms with Gasteiger partial charge in [0.25, 0.3) is 5.22 Å². The first kappa shape index (κ1) is 12.5. The lowest BCUT2D eigenvalue weighted by Crippen LogP contribution is -2.10. The summed E-state index contributed by atoms with van der Waals surface area (Å²) in [6, 6.07) is 8.57. The molecule has 0 unspecified atom stereocenters. The van der Waals surface area contributed by atoms with Crippen molar-refractivity contribution < 1.29 is 9.21 Å². The lowest BCUT2D eigenvalue weighted by atomic mass is 10.3. The molecule has 0 saturated carbocycles. The third-order valence-corrected chi connectivity index (χ3v) is 3.41. The fraction of sp³-hybridized carbons (Fsp3) is 0. The number of hydrogen-bond acceptors (Lipinski definition) is 6. The van der Waals surface area contributed by atoms with Crippen molar-refractivity contribution in [3.63, 3.8) is 0 Å². The molecule has 0 radical (unpaired) electrons. The minimum Gasteiger partial charge on any atom is -0.431 e. The first-order valence-corrected chi connectivity index (χ1v) is 6.53. The van der Waals surface area contributed by atoms with Crippen LogP contribution in [0.4, 0.5) is 5.69 Å². The molecule has 7 heteroatoms. The van der Waals surface area contributed by atoms with Crippen molar-refractivity contribution in [3.8, 4) is 0 Å². The van der Waals surface area contributed by atoms with Crippen molar-refractivity contribution in [2.45, 2.75) is 10.2 Å². The Balaban J connectivity index is 1.87. The average molecular weight is 286 g/mol. The number of anilines is 1.